The normalized spacial score (nSPS) is 18.3. The number of phenols is 1. The Hall–Kier alpha value is -2.23. The quantitative estimate of drug-likeness (QED) is 0.306. The fourth-order valence-electron chi connectivity index (χ4n) is 5.29. The molecule has 1 heterocycles. The van der Waals surface area contributed by atoms with Gasteiger partial charge < -0.3 is 10.0 Å². The summed E-state index contributed by atoms with van der Waals surface area (Å²) in [6, 6.07) is 10.3. The molecule has 3 N–H and O–H groups in total. The lowest BCUT2D eigenvalue weighted by Crippen LogP contribution is -2.32. The lowest BCUT2D eigenvalue weighted by molar-refractivity contribution is 0.0963. The highest BCUT2D eigenvalue weighted by atomic mass is 79.9. The van der Waals surface area contributed by atoms with Gasteiger partial charge in [-0.15, -0.1) is 17.0 Å². The van der Waals surface area contributed by atoms with Crippen LogP contribution in [0.3, 0.4) is 0 Å². The van der Waals surface area contributed by atoms with Crippen molar-refractivity contribution in [1.82, 2.24) is 9.62 Å². The van der Waals surface area contributed by atoms with Crippen LogP contribution in [0.2, 0.25) is 0 Å². The molecule has 2 aromatic rings. The molecule has 1 saturated heterocycles. The lowest BCUT2D eigenvalue weighted by atomic mass is 9.78. The van der Waals surface area contributed by atoms with E-state index in [1.54, 1.807) is 36.4 Å². The molecule has 9 heteroatoms. The van der Waals surface area contributed by atoms with Gasteiger partial charge in [0.2, 0.25) is 10.0 Å². The second kappa shape index (κ2) is 12.1. The first kappa shape index (κ1) is 33.0. The Morgan fingerprint density at radius 3 is 2.00 bits per heavy atom. The Morgan fingerprint density at radius 2 is 1.56 bits per heavy atom. The zero-order chi connectivity index (χ0) is 28.6. The molecule has 7 nitrogen and oxygen atoms in total. The van der Waals surface area contributed by atoms with E-state index < -0.39 is 10.0 Å². The van der Waals surface area contributed by atoms with E-state index in [0.717, 1.165) is 29.5 Å². The Kier molecular flexibility index (Phi) is 10.2. The third-order valence-electron chi connectivity index (χ3n) is 7.42. The first-order valence-corrected chi connectivity index (χ1v) is 14.8. The summed E-state index contributed by atoms with van der Waals surface area (Å²) >= 11 is 0. The van der Waals surface area contributed by atoms with Gasteiger partial charge in [0.05, 0.1) is 11.4 Å². The Bertz CT molecular complexity index is 1270. The molecule has 0 unspecified atom stereocenters. The van der Waals surface area contributed by atoms with Crippen LogP contribution in [-0.4, -0.2) is 50.2 Å². The number of halogens is 1. The van der Waals surface area contributed by atoms with Gasteiger partial charge in [-0.1, -0.05) is 67.0 Å². The summed E-state index contributed by atoms with van der Waals surface area (Å²) in [6.07, 6.45) is 1.85. The number of nitrogens with zero attached hydrogens (tertiary/aromatic N) is 1. The SMILES string of the molecule is Br.CCC[C@H]1CN(CC(=O)c2cc(C(C)(C)C)c(O)c(C(C)(C)C)c2)C(=N)[C@@H]1c1ccc(S(=O)(=O)NC)cc1. The van der Waals surface area contributed by atoms with Crippen molar-refractivity contribution in [1.29, 1.82) is 5.41 Å². The van der Waals surface area contributed by atoms with E-state index in [1.165, 1.54) is 7.05 Å². The Morgan fingerprint density at radius 1 is 1.05 bits per heavy atom. The molecule has 0 aromatic heterocycles. The smallest absolute Gasteiger partial charge is 0.240 e. The molecule has 0 bridgehead atoms. The largest absolute Gasteiger partial charge is 0.507 e. The third kappa shape index (κ3) is 7.11. The average Bonchev–Trinajstić information content (AvgIpc) is 3.12. The van der Waals surface area contributed by atoms with Crippen molar-refractivity contribution in [3.63, 3.8) is 0 Å². The monoisotopic (exact) mass is 621 g/mol. The first-order valence-electron chi connectivity index (χ1n) is 13.3. The number of nitrogens with one attached hydrogen (secondary N) is 2. The van der Waals surface area contributed by atoms with Crippen LogP contribution in [-0.2, 0) is 20.9 Å². The van der Waals surface area contributed by atoms with Gasteiger partial charge >= 0.3 is 0 Å². The van der Waals surface area contributed by atoms with E-state index in [-0.39, 0.29) is 62.6 Å². The maximum absolute atomic E-state index is 13.6. The first-order chi connectivity index (χ1) is 17.5. The van der Waals surface area contributed by atoms with E-state index in [0.29, 0.717) is 17.9 Å². The number of carbonyl (C=O) groups excluding carboxylic acids is 1. The van der Waals surface area contributed by atoms with Crippen molar-refractivity contribution in [3.05, 3.63) is 58.7 Å². The van der Waals surface area contributed by atoms with Crippen LogP contribution in [0.5, 0.6) is 5.75 Å². The highest BCUT2D eigenvalue weighted by Crippen LogP contribution is 2.41. The molecule has 0 radical (unpaired) electrons. The van der Waals surface area contributed by atoms with Gasteiger partial charge in [-0.3, -0.25) is 10.2 Å². The third-order valence-corrected chi connectivity index (χ3v) is 8.85. The number of likely N-dealkylation sites (tertiary alicyclic amines) is 1. The molecular weight excluding hydrogens is 578 g/mol. The van der Waals surface area contributed by atoms with E-state index >= 15 is 0 Å². The number of benzene rings is 2. The second-order valence-electron chi connectivity index (χ2n) is 12.4. The summed E-state index contributed by atoms with van der Waals surface area (Å²) in [4.78, 5) is 15.7. The number of hydrogen-bond donors (Lipinski definition) is 3. The van der Waals surface area contributed by atoms with Gasteiger partial charge in [0.25, 0.3) is 0 Å². The summed E-state index contributed by atoms with van der Waals surface area (Å²) in [5.41, 5.74) is 2.22. The molecular formula is C30H44BrN3O4S. The van der Waals surface area contributed by atoms with E-state index in [4.69, 9.17) is 5.41 Å². The molecule has 1 aliphatic heterocycles. The number of sulfonamides is 1. The molecule has 0 saturated carbocycles. The van der Waals surface area contributed by atoms with Crippen molar-refractivity contribution >= 4 is 38.6 Å². The van der Waals surface area contributed by atoms with Crippen molar-refractivity contribution in [2.75, 3.05) is 20.1 Å². The maximum atomic E-state index is 13.6. The van der Waals surface area contributed by atoms with Gasteiger partial charge in [-0.05, 0) is 60.0 Å². The van der Waals surface area contributed by atoms with Crippen LogP contribution in [0.1, 0.15) is 94.3 Å². The lowest BCUT2D eigenvalue weighted by Gasteiger charge is -2.28. The van der Waals surface area contributed by atoms with E-state index in [2.05, 4.69) is 11.6 Å². The van der Waals surface area contributed by atoms with Gasteiger partial charge in [0, 0.05) is 29.2 Å². The molecule has 2 atom stereocenters. The summed E-state index contributed by atoms with van der Waals surface area (Å²) < 4.78 is 26.6. The minimum Gasteiger partial charge on any atom is -0.507 e. The number of amidine groups is 1. The van der Waals surface area contributed by atoms with Crippen LogP contribution in [0.4, 0.5) is 0 Å². The van der Waals surface area contributed by atoms with E-state index in [1.807, 2.05) is 46.4 Å². The molecule has 2 aromatic carbocycles. The van der Waals surface area contributed by atoms with Crippen molar-refractivity contribution < 1.29 is 18.3 Å². The molecule has 216 valence electrons. The number of ketones is 1. The number of Topliss-reactive ketones (excluding diaryl/α,β-unsaturated/α-hetero) is 1. The van der Waals surface area contributed by atoms with Crippen LogP contribution >= 0.6 is 17.0 Å². The zero-order valence-electron chi connectivity index (χ0n) is 24.4. The number of carbonyl (C=O) groups is 1. The van der Waals surface area contributed by atoms with Crippen molar-refractivity contribution in [2.45, 2.75) is 83.0 Å². The van der Waals surface area contributed by atoms with Crippen molar-refractivity contribution in [3.8, 4) is 5.75 Å². The highest BCUT2D eigenvalue weighted by Gasteiger charge is 2.39. The zero-order valence-corrected chi connectivity index (χ0v) is 26.9. The Labute approximate surface area is 244 Å². The Balaban J connectivity index is 0.00000533. The van der Waals surface area contributed by atoms with Crippen LogP contribution in [0, 0.1) is 11.3 Å². The minimum atomic E-state index is -3.54. The number of rotatable bonds is 8. The second-order valence-corrected chi connectivity index (χ2v) is 14.3. The van der Waals surface area contributed by atoms with Crippen molar-refractivity contribution in [2.24, 2.45) is 5.92 Å². The number of aromatic hydroxyl groups is 1. The summed E-state index contributed by atoms with van der Waals surface area (Å²) in [5, 5.41) is 20.0. The van der Waals surface area contributed by atoms with Gasteiger partial charge in [-0.2, -0.15) is 0 Å². The van der Waals surface area contributed by atoms with Gasteiger partial charge in [-0.25, -0.2) is 13.1 Å². The topological polar surface area (TPSA) is 111 Å². The summed E-state index contributed by atoms with van der Waals surface area (Å²) in [5.74, 6) is 0.484. The molecule has 0 amide bonds. The predicted octanol–water partition coefficient (Wildman–Crippen LogP) is 6.15. The molecule has 1 aliphatic rings. The van der Waals surface area contributed by atoms with E-state index in [9.17, 15) is 18.3 Å². The minimum absolute atomic E-state index is 0. The highest BCUT2D eigenvalue weighted by molar-refractivity contribution is 8.93. The summed E-state index contributed by atoms with van der Waals surface area (Å²) in [6.45, 7) is 14.9. The fourth-order valence-corrected chi connectivity index (χ4v) is 6.02. The van der Waals surface area contributed by atoms with Gasteiger partial charge in [0.15, 0.2) is 5.78 Å². The molecule has 39 heavy (non-hydrogen) atoms. The average molecular weight is 623 g/mol. The maximum Gasteiger partial charge on any atom is 0.240 e. The van der Waals surface area contributed by atoms with Crippen LogP contribution in [0.15, 0.2) is 41.3 Å². The van der Waals surface area contributed by atoms with Gasteiger partial charge in [0.1, 0.15) is 11.6 Å². The molecule has 0 aliphatic carbocycles. The predicted molar refractivity (Wildman–Crippen MR) is 163 cm³/mol. The molecule has 1 fully saturated rings. The molecule has 0 spiro atoms. The van der Waals surface area contributed by atoms with Crippen LogP contribution < -0.4 is 4.72 Å². The molecule has 3 rings (SSSR count). The fraction of sp³-hybridized carbons (Fsp3) is 0.533. The number of hydrogen-bond acceptors (Lipinski definition) is 5. The summed E-state index contributed by atoms with van der Waals surface area (Å²) in [7, 11) is -2.16. The number of phenolic OH excluding ortho intramolecular Hbond substituents is 1. The standard InChI is InChI=1S/C30H43N3O4S.BrH/c1-9-10-20-17-33(28(31)26(20)19-11-13-22(14-12-19)38(36,37)32-8)18-25(34)21-15-23(29(2,3)4)27(35)24(16-21)30(5,6)7;/h11-16,20,26,31-32,35H,9-10,17-18H2,1-8H3;1H/t20-,26+;/m0./s1. The van der Waals surface area contributed by atoms with Crippen LogP contribution in [0.25, 0.3) is 0 Å².